The van der Waals surface area contributed by atoms with Crippen LogP contribution in [0, 0.1) is 0 Å². The van der Waals surface area contributed by atoms with E-state index in [2.05, 4.69) is 15.5 Å². The molecule has 6 heteroatoms. The maximum Gasteiger partial charge on any atom is 0.320 e. The van der Waals surface area contributed by atoms with Crippen LogP contribution in [-0.2, 0) is 0 Å². The quantitative estimate of drug-likeness (QED) is 0.675. The lowest BCUT2D eigenvalue weighted by molar-refractivity contribution is 0.510. The Hall–Kier alpha value is -1.20. The summed E-state index contributed by atoms with van der Waals surface area (Å²) in [4.78, 5) is 1.20. The molecule has 17 heavy (non-hydrogen) atoms. The molecule has 0 amide bonds. The summed E-state index contributed by atoms with van der Waals surface area (Å²) < 4.78 is 5.34. The number of benzene rings is 1. The average molecular weight is 270 g/mol. The summed E-state index contributed by atoms with van der Waals surface area (Å²) in [6.45, 7) is 1.78. The van der Waals surface area contributed by atoms with Crippen molar-refractivity contribution in [3.8, 4) is 0 Å². The van der Waals surface area contributed by atoms with E-state index in [1.54, 1.807) is 18.7 Å². The minimum atomic E-state index is -0.281. The Morgan fingerprint density at radius 2 is 2.00 bits per heavy atom. The SMILES string of the molecule is CSc1ccc(Nc2nnc(C(C)Cl)o2)cc1. The molecule has 0 aliphatic rings. The third kappa shape index (κ3) is 3.14. The Kier molecular flexibility index (Phi) is 3.91. The van der Waals surface area contributed by atoms with Gasteiger partial charge in [-0.1, -0.05) is 5.10 Å². The summed E-state index contributed by atoms with van der Waals surface area (Å²) >= 11 is 7.53. The standard InChI is InChI=1S/C11H12ClN3OS/c1-7(12)10-14-15-11(16-10)13-8-3-5-9(17-2)6-4-8/h3-7H,1-2H3,(H,13,15). The minimum absolute atomic E-state index is 0.281. The molecule has 0 bridgehead atoms. The van der Waals surface area contributed by atoms with Crippen LogP contribution in [0.1, 0.15) is 18.2 Å². The molecule has 0 saturated heterocycles. The van der Waals surface area contributed by atoms with Crippen LogP contribution in [0.4, 0.5) is 11.7 Å². The van der Waals surface area contributed by atoms with Crippen molar-refractivity contribution in [1.29, 1.82) is 0 Å². The number of aromatic nitrogens is 2. The third-order valence-electron chi connectivity index (χ3n) is 2.12. The first kappa shape index (κ1) is 12.3. The van der Waals surface area contributed by atoms with E-state index in [0.29, 0.717) is 11.9 Å². The Balaban J connectivity index is 2.08. The second-order valence-electron chi connectivity index (χ2n) is 3.41. The van der Waals surface area contributed by atoms with Gasteiger partial charge >= 0.3 is 6.01 Å². The number of nitrogens with one attached hydrogen (secondary N) is 1. The van der Waals surface area contributed by atoms with Crippen LogP contribution in [0.3, 0.4) is 0 Å². The number of thioether (sulfide) groups is 1. The Labute approximate surface area is 109 Å². The lowest BCUT2D eigenvalue weighted by atomic mass is 10.3. The molecule has 0 fully saturated rings. The van der Waals surface area contributed by atoms with Crippen LogP contribution in [0.2, 0.25) is 0 Å². The highest BCUT2D eigenvalue weighted by Gasteiger charge is 2.10. The largest absolute Gasteiger partial charge is 0.406 e. The number of halogens is 1. The number of nitrogens with zero attached hydrogens (tertiary/aromatic N) is 2. The van der Waals surface area contributed by atoms with E-state index in [1.807, 2.05) is 30.5 Å². The number of hydrogen-bond donors (Lipinski definition) is 1. The molecule has 1 N–H and O–H groups in total. The lowest BCUT2D eigenvalue weighted by Gasteiger charge is -2.01. The van der Waals surface area contributed by atoms with Crippen LogP contribution in [-0.4, -0.2) is 16.5 Å². The van der Waals surface area contributed by atoms with E-state index in [-0.39, 0.29) is 5.38 Å². The monoisotopic (exact) mass is 269 g/mol. The molecule has 90 valence electrons. The minimum Gasteiger partial charge on any atom is -0.406 e. The van der Waals surface area contributed by atoms with Gasteiger partial charge in [-0.3, -0.25) is 0 Å². The summed E-state index contributed by atoms with van der Waals surface area (Å²) in [6, 6.07) is 8.31. The van der Waals surface area contributed by atoms with Gasteiger partial charge in [0.05, 0.1) is 0 Å². The van der Waals surface area contributed by atoms with Crippen LogP contribution in [0.25, 0.3) is 0 Å². The van der Waals surface area contributed by atoms with Gasteiger partial charge in [-0.05, 0) is 37.4 Å². The van der Waals surface area contributed by atoms with E-state index in [0.717, 1.165) is 5.69 Å². The maximum atomic E-state index is 5.83. The molecule has 0 spiro atoms. The van der Waals surface area contributed by atoms with Crippen LogP contribution in [0.15, 0.2) is 33.6 Å². The summed E-state index contributed by atoms with van der Waals surface area (Å²) in [5.41, 5.74) is 0.903. The second kappa shape index (κ2) is 5.42. The van der Waals surface area contributed by atoms with Gasteiger partial charge < -0.3 is 9.73 Å². The number of anilines is 2. The molecule has 2 aromatic rings. The van der Waals surface area contributed by atoms with Gasteiger partial charge in [-0.2, -0.15) is 0 Å². The normalized spacial score (nSPS) is 12.4. The zero-order valence-electron chi connectivity index (χ0n) is 9.48. The summed E-state index contributed by atoms with van der Waals surface area (Å²) in [6.07, 6.45) is 2.04. The van der Waals surface area contributed by atoms with Crippen molar-refractivity contribution in [2.75, 3.05) is 11.6 Å². The van der Waals surface area contributed by atoms with Crippen LogP contribution >= 0.6 is 23.4 Å². The molecule has 0 saturated carbocycles. The smallest absolute Gasteiger partial charge is 0.320 e. The van der Waals surface area contributed by atoms with E-state index >= 15 is 0 Å². The number of alkyl halides is 1. The van der Waals surface area contributed by atoms with Gasteiger partial charge in [-0.15, -0.1) is 28.5 Å². The molecule has 4 nitrogen and oxygen atoms in total. The van der Waals surface area contributed by atoms with Gasteiger partial charge in [-0.25, -0.2) is 0 Å². The average Bonchev–Trinajstić information content (AvgIpc) is 2.79. The molecule has 1 aromatic carbocycles. The van der Waals surface area contributed by atoms with Crippen molar-refractivity contribution in [2.45, 2.75) is 17.2 Å². The Morgan fingerprint density at radius 1 is 1.29 bits per heavy atom. The zero-order chi connectivity index (χ0) is 12.3. The Bertz CT molecular complexity index is 484. The molecule has 1 atom stereocenters. The van der Waals surface area contributed by atoms with E-state index in [9.17, 15) is 0 Å². The van der Waals surface area contributed by atoms with Crippen molar-refractivity contribution < 1.29 is 4.42 Å². The zero-order valence-corrected chi connectivity index (χ0v) is 11.0. The van der Waals surface area contributed by atoms with E-state index in [4.69, 9.17) is 16.0 Å². The second-order valence-corrected chi connectivity index (χ2v) is 4.95. The predicted octanol–water partition coefficient (Wildman–Crippen LogP) is 3.83. The topological polar surface area (TPSA) is 51.0 Å². The van der Waals surface area contributed by atoms with E-state index < -0.39 is 0 Å². The van der Waals surface area contributed by atoms with Crippen LogP contribution < -0.4 is 5.32 Å². The van der Waals surface area contributed by atoms with Gasteiger partial charge in [0.2, 0.25) is 5.89 Å². The molecule has 0 aliphatic carbocycles. The molecule has 0 radical (unpaired) electrons. The molecule has 1 unspecified atom stereocenters. The summed E-state index contributed by atoms with van der Waals surface area (Å²) in [5, 5.41) is 10.4. The first-order valence-corrected chi connectivity index (χ1v) is 6.73. The molecule has 0 aliphatic heterocycles. The summed E-state index contributed by atoms with van der Waals surface area (Å²) in [5.74, 6) is 0.412. The molecular formula is C11H12ClN3OS. The van der Waals surface area contributed by atoms with Crippen molar-refractivity contribution >= 4 is 35.1 Å². The van der Waals surface area contributed by atoms with Gasteiger partial charge in [0, 0.05) is 10.6 Å². The first-order valence-electron chi connectivity index (χ1n) is 5.07. The number of rotatable bonds is 4. The van der Waals surface area contributed by atoms with Gasteiger partial charge in [0.1, 0.15) is 5.38 Å². The fourth-order valence-corrected chi connectivity index (χ4v) is 1.74. The third-order valence-corrected chi connectivity index (χ3v) is 3.05. The van der Waals surface area contributed by atoms with Gasteiger partial charge in [0.25, 0.3) is 0 Å². The first-order chi connectivity index (χ1) is 8.19. The maximum absolute atomic E-state index is 5.83. The fraction of sp³-hybridized carbons (Fsp3) is 0.273. The molecule has 1 aromatic heterocycles. The van der Waals surface area contributed by atoms with Crippen molar-refractivity contribution in [3.63, 3.8) is 0 Å². The molecule has 2 rings (SSSR count). The molecular weight excluding hydrogens is 258 g/mol. The van der Waals surface area contributed by atoms with Crippen LogP contribution in [0.5, 0.6) is 0 Å². The van der Waals surface area contributed by atoms with Crippen molar-refractivity contribution in [1.82, 2.24) is 10.2 Å². The number of hydrogen-bond acceptors (Lipinski definition) is 5. The summed E-state index contributed by atoms with van der Waals surface area (Å²) in [7, 11) is 0. The predicted molar refractivity (Wildman–Crippen MR) is 70.1 cm³/mol. The van der Waals surface area contributed by atoms with Crippen molar-refractivity contribution in [2.24, 2.45) is 0 Å². The highest BCUT2D eigenvalue weighted by molar-refractivity contribution is 7.98. The van der Waals surface area contributed by atoms with E-state index in [1.165, 1.54) is 4.90 Å². The van der Waals surface area contributed by atoms with Crippen molar-refractivity contribution in [3.05, 3.63) is 30.2 Å². The Morgan fingerprint density at radius 3 is 2.53 bits per heavy atom. The highest BCUT2D eigenvalue weighted by atomic mass is 35.5. The molecule has 1 heterocycles. The fourth-order valence-electron chi connectivity index (χ4n) is 1.24. The lowest BCUT2D eigenvalue weighted by Crippen LogP contribution is -1.89. The van der Waals surface area contributed by atoms with Gasteiger partial charge in [0.15, 0.2) is 0 Å². The highest BCUT2D eigenvalue weighted by Crippen LogP contribution is 2.23.